The molecule has 1 aliphatic heterocycles. The van der Waals surface area contributed by atoms with Crippen molar-refractivity contribution in [2.75, 3.05) is 26.8 Å². The second-order valence-corrected chi connectivity index (χ2v) is 7.53. The lowest BCUT2D eigenvalue weighted by molar-refractivity contribution is 0.0126. The molecule has 154 valence electrons. The van der Waals surface area contributed by atoms with Gasteiger partial charge < -0.3 is 23.8 Å². The third-order valence-electron chi connectivity index (χ3n) is 4.11. The molecule has 7 nitrogen and oxygen atoms in total. The van der Waals surface area contributed by atoms with E-state index in [9.17, 15) is 9.59 Å². The number of carbonyl (C=O) groups excluding carboxylic acids is 2. The maximum absolute atomic E-state index is 12.1. The number of esters is 1. The fraction of sp³-hybridized carbons (Fsp3) is 0.524. The first kappa shape index (κ1) is 21.6. The van der Waals surface area contributed by atoms with Crippen molar-refractivity contribution in [1.82, 2.24) is 4.90 Å². The number of hydrogen-bond acceptors (Lipinski definition) is 6. The van der Waals surface area contributed by atoms with Crippen LogP contribution in [0.15, 0.2) is 30.9 Å². The molecule has 7 heteroatoms. The molecule has 2 rings (SSSR count). The number of ether oxygens (including phenoxy) is 4. The highest BCUT2D eigenvalue weighted by Crippen LogP contribution is 2.28. The SMILES string of the molecule is C=CCOc1cc(OC2CCN(C(=O)OC(C)(C)C)CC2)ccc1C(=O)OC. The molecule has 1 aliphatic rings. The summed E-state index contributed by atoms with van der Waals surface area (Å²) in [5.41, 5.74) is -0.176. The van der Waals surface area contributed by atoms with Crippen LogP contribution >= 0.6 is 0 Å². The molecule has 0 unspecified atom stereocenters. The van der Waals surface area contributed by atoms with Gasteiger partial charge in [0.1, 0.15) is 35.4 Å². The molecule has 0 aromatic heterocycles. The smallest absolute Gasteiger partial charge is 0.410 e. The summed E-state index contributed by atoms with van der Waals surface area (Å²) in [6.45, 7) is 10.6. The largest absolute Gasteiger partial charge is 0.490 e. The first-order valence-corrected chi connectivity index (χ1v) is 9.34. The van der Waals surface area contributed by atoms with Crippen LogP contribution in [0.5, 0.6) is 11.5 Å². The molecule has 1 heterocycles. The fourth-order valence-corrected chi connectivity index (χ4v) is 2.80. The first-order valence-electron chi connectivity index (χ1n) is 9.34. The summed E-state index contributed by atoms with van der Waals surface area (Å²) in [4.78, 5) is 25.7. The number of rotatable bonds is 6. The molecule has 28 heavy (non-hydrogen) atoms. The highest BCUT2D eigenvalue weighted by Gasteiger charge is 2.28. The van der Waals surface area contributed by atoms with Crippen LogP contribution < -0.4 is 9.47 Å². The standard InChI is InChI=1S/C21H29NO6/c1-6-13-26-18-14-16(7-8-17(18)19(23)25-5)27-15-9-11-22(12-10-15)20(24)28-21(2,3)4/h6-8,14-15H,1,9-13H2,2-5H3. The van der Waals surface area contributed by atoms with E-state index in [1.807, 2.05) is 20.8 Å². The van der Waals surface area contributed by atoms with E-state index in [1.54, 1.807) is 29.2 Å². The van der Waals surface area contributed by atoms with Crippen molar-refractivity contribution >= 4 is 12.1 Å². The van der Waals surface area contributed by atoms with Gasteiger partial charge in [-0.25, -0.2) is 9.59 Å². The lowest BCUT2D eigenvalue weighted by atomic mass is 10.1. The number of methoxy groups -OCH3 is 1. The number of hydrogen-bond donors (Lipinski definition) is 0. The Morgan fingerprint density at radius 2 is 1.93 bits per heavy atom. The fourth-order valence-electron chi connectivity index (χ4n) is 2.80. The van der Waals surface area contributed by atoms with Gasteiger partial charge in [0.25, 0.3) is 0 Å². The van der Waals surface area contributed by atoms with Gasteiger partial charge in [0.2, 0.25) is 0 Å². The number of nitrogens with zero attached hydrogens (tertiary/aromatic N) is 1. The maximum atomic E-state index is 12.1. The highest BCUT2D eigenvalue weighted by molar-refractivity contribution is 5.92. The van der Waals surface area contributed by atoms with Gasteiger partial charge in [-0.1, -0.05) is 12.7 Å². The van der Waals surface area contributed by atoms with Crippen molar-refractivity contribution in [3.05, 3.63) is 36.4 Å². The quantitative estimate of drug-likeness (QED) is 0.542. The summed E-state index contributed by atoms with van der Waals surface area (Å²) in [5.74, 6) is 0.508. The average Bonchev–Trinajstić information content (AvgIpc) is 2.65. The van der Waals surface area contributed by atoms with Gasteiger partial charge in [-0.05, 0) is 32.9 Å². The summed E-state index contributed by atoms with van der Waals surface area (Å²) in [5, 5.41) is 0. The zero-order valence-electron chi connectivity index (χ0n) is 17.0. The van der Waals surface area contributed by atoms with E-state index < -0.39 is 11.6 Å². The summed E-state index contributed by atoms with van der Waals surface area (Å²) in [6, 6.07) is 5.01. The minimum atomic E-state index is -0.506. The van der Waals surface area contributed by atoms with Crippen LogP contribution in [-0.2, 0) is 9.47 Å². The van der Waals surface area contributed by atoms with E-state index in [2.05, 4.69) is 6.58 Å². The zero-order chi connectivity index (χ0) is 20.7. The number of benzene rings is 1. The Hall–Kier alpha value is -2.70. The van der Waals surface area contributed by atoms with Crippen LogP contribution in [0.25, 0.3) is 0 Å². The minimum Gasteiger partial charge on any atom is -0.490 e. The second kappa shape index (κ2) is 9.48. The van der Waals surface area contributed by atoms with Crippen molar-refractivity contribution in [1.29, 1.82) is 0 Å². The number of piperidine rings is 1. The Bertz CT molecular complexity index is 701. The molecule has 0 bridgehead atoms. The molecule has 0 atom stereocenters. The molecule has 0 spiro atoms. The van der Waals surface area contributed by atoms with E-state index >= 15 is 0 Å². The third kappa shape index (κ3) is 6.18. The molecular weight excluding hydrogens is 362 g/mol. The minimum absolute atomic E-state index is 0.0325. The molecule has 0 aliphatic carbocycles. The lowest BCUT2D eigenvalue weighted by Gasteiger charge is -2.33. The predicted molar refractivity (Wildman–Crippen MR) is 105 cm³/mol. The van der Waals surface area contributed by atoms with Crippen LogP contribution in [-0.4, -0.2) is 55.5 Å². The van der Waals surface area contributed by atoms with Crippen LogP contribution in [0.4, 0.5) is 4.79 Å². The van der Waals surface area contributed by atoms with Gasteiger partial charge >= 0.3 is 12.1 Å². The Morgan fingerprint density at radius 1 is 1.25 bits per heavy atom. The first-order chi connectivity index (χ1) is 13.2. The molecular formula is C21H29NO6. The molecule has 1 amide bonds. The molecule has 1 aromatic rings. The van der Waals surface area contributed by atoms with Gasteiger partial charge in [-0.3, -0.25) is 0 Å². The Balaban J connectivity index is 1.98. The van der Waals surface area contributed by atoms with Gasteiger partial charge in [0.15, 0.2) is 0 Å². The van der Waals surface area contributed by atoms with Gasteiger partial charge in [0.05, 0.1) is 7.11 Å². The predicted octanol–water partition coefficient (Wildman–Crippen LogP) is 3.82. The summed E-state index contributed by atoms with van der Waals surface area (Å²) in [6.07, 6.45) is 2.66. The zero-order valence-corrected chi connectivity index (χ0v) is 17.0. The normalized spacial score (nSPS) is 14.9. The van der Waals surface area contributed by atoms with Gasteiger partial charge in [-0.2, -0.15) is 0 Å². The molecule has 1 aromatic carbocycles. The average molecular weight is 391 g/mol. The lowest BCUT2D eigenvalue weighted by Crippen LogP contribution is -2.44. The van der Waals surface area contributed by atoms with Crippen molar-refractivity contribution in [3.8, 4) is 11.5 Å². The number of likely N-dealkylation sites (tertiary alicyclic amines) is 1. The van der Waals surface area contributed by atoms with Gasteiger partial charge in [-0.15, -0.1) is 0 Å². The van der Waals surface area contributed by atoms with E-state index in [1.165, 1.54) is 7.11 Å². The van der Waals surface area contributed by atoms with Crippen LogP contribution in [0.3, 0.4) is 0 Å². The topological polar surface area (TPSA) is 74.3 Å². The Kier molecular flexibility index (Phi) is 7.31. The summed E-state index contributed by atoms with van der Waals surface area (Å²) < 4.78 is 21.8. The van der Waals surface area contributed by atoms with E-state index in [-0.39, 0.29) is 18.8 Å². The maximum Gasteiger partial charge on any atom is 0.410 e. The Morgan fingerprint density at radius 3 is 2.50 bits per heavy atom. The van der Waals surface area contributed by atoms with E-state index in [0.717, 1.165) is 0 Å². The summed E-state index contributed by atoms with van der Waals surface area (Å²) >= 11 is 0. The summed E-state index contributed by atoms with van der Waals surface area (Å²) in [7, 11) is 1.32. The van der Waals surface area contributed by atoms with Crippen molar-refractivity contribution in [2.45, 2.75) is 45.3 Å². The van der Waals surface area contributed by atoms with Crippen LogP contribution in [0.2, 0.25) is 0 Å². The monoisotopic (exact) mass is 391 g/mol. The third-order valence-corrected chi connectivity index (χ3v) is 4.11. The molecule has 0 saturated carbocycles. The highest BCUT2D eigenvalue weighted by atomic mass is 16.6. The van der Waals surface area contributed by atoms with Gasteiger partial charge in [0, 0.05) is 32.0 Å². The molecule has 1 fully saturated rings. The Labute approximate surface area is 166 Å². The van der Waals surface area contributed by atoms with Crippen LogP contribution in [0, 0.1) is 0 Å². The number of amides is 1. The molecule has 1 saturated heterocycles. The van der Waals surface area contributed by atoms with Crippen molar-refractivity contribution in [3.63, 3.8) is 0 Å². The van der Waals surface area contributed by atoms with E-state index in [4.69, 9.17) is 18.9 Å². The van der Waals surface area contributed by atoms with Crippen molar-refractivity contribution < 1.29 is 28.5 Å². The number of carbonyl (C=O) groups is 2. The van der Waals surface area contributed by atoms with Crippen molar-refractivity contribution in [2.24, 2.45) is 0 Å². The molecule has 0 radical (unpaired) electrons. The molecule has 0 N–H and O–H groups in total. The van der Waals surface area contributed by atoms with E-state index in [0.29, 0.717) is 43.0 Å². The second-order valence-electron chi connectivity index (χ2n) is 7.53. The van der Waals surface area contributed by atoms with Crippen LogP contribution in [0.1, 0.15) is 44.0 Å².